The summed E-state index contributed by atoms with van der Waals surface area (Å²) in [5.41, 5.74) is 0.275. The molecule has 124 valence electrons. The third-order valence-corrected chi connectivity index (χ3v) is 3.14. The molecule has 0 unspecified atom stereocenters. The van der Waals surface area contributed by atoms with Gasteiger partial charge in [0.15, 0.2) is 0 Å². The molecule has 0 aliphatic heterocycles. The number of nitro groups is 1. The lowest BCUT2D eigenvalue weighted by molar-refractivity contribution is -0.384. The number of anilines is 1. The zero-order valence-electron chi connectivity index (χ0n) is 13.1. The van der Waals surface area contributed by atoms with Gasteiger partial charge in [-0.1, -0.05) is 6.07 Å². The highest BCUT2D eigenvalue weighted by molar-refractivity contribution is 6.06. The second kappa shape index (κ2) is 7.32. The van der Waals surface area contributed by atoms with Crippen molar-refractivity contribution in [2.75, 3.05) is 11.9 Å². The molecule has 0 spiro atoms. The van der Waals surface area contributed by atoms with Crippen molar-refractivity contribution in [1.29, 1.82) is 0 Å². The summed E-state index contributed by atoms with van der Waals surface area (Å²) in [6, 6.07) is 6.90. The summed E-state index contributed by atoms with van der Waals surface area (Å²) in [5.74, 6) is -0.998. The number of aromatic nitrogens is 1. The smallest absolute Gasteiger partial charge is 0.338 e. The van der Waals surface area contributed by atoms with Crippen LogP contribution in [-0.2, 0) is 4.74 Å². The van der Waals surface area contributed by atoms with Crippen LogP contribution in [0.2, 0.25) is 0 Å². The molecule has 0 bridgehead atoms. The van der Waals surface area contributed by atoms with E-state index in [0.717, 1.165) is 17.7 Å². The summed E-state index contributed by atoms with van der Waals surface area (Å²) >= 11 is 0. The van der Waals surface area contributed by atoms with E-state index in [0.29, 0.717) is 5.82 Å². The Morgan fingerprint density at radius 3 is 2.62 bits per heavy atom. The minimum absolute atomic E-state index is 0.0303. The van der Waals surface area contributed by atoms with Crippen LogP contribution in [0.5, 0.6) is 0 Å². The fourth-order valence-electron chi connectivity index (χ4n) is 1.98. The molecule has 1 aromatic carbocycles. The van der Waals surface area contributed by atoms with E-state index < -0.39 is 16.8 Å². The van der Waals surface area contributed by atoms with E-state index >= 15 is 0 Å². The van der Waals surface area contributed by atoms with Crippen LogP contribution < -0.4 is 5.32 Å². The monoisotopic (exact) mass is 329 g/mol. The van der Waals surface area contributed by atoms with Gasteiger partial charge in [-0.25, -0.2) is 9.78 Å². The summed E-state index contributed by atoms with van der Waals surface area (Å²) in [7, 11) is 0. The molecule has 0 fully saturated rings. The van der Waals surface area contributed by atoms with Crippen molar-refractivity contribution in [3.63, 3.8) is 0 Å². The van der Waals surface area contributed by atoms with Gasteiger partial charge in [0, 0.05) is 23.9 Å². The Labute approximate surface area is 137 Å². The Bertz CT molecular complexity index is 804. The maximum absolute atomic E-state index is 12.3. The first-order valence-corrected chi connectivity index (χ1v) is 7.12. The minimum Gasteiger partial charge on any atom is -0.462 e. The number of pyridine rings is 1. The molecule has 1 N–H and O–H groups in total. The normalized spacial score (nSPS) is 10.1. The van der Waals surface area contributed by atoms with Crippen LogP contribution in [0, 0.1) is 17.0 Å². The Kier molecular flexibility index (Phi) is 5.20. The molecule has 8 nitrogen and oxygen atoms in total. The number of carbonyl (C=O) groups is 2. The number of hydrogen-bond donors (Lipinski definition) is 1. The number of aryl methyl sites for hydroxylation is 1. The average molecular weight is 329 g/mol. The molecule has 8 heteroatoms. The van der Waals surface area contributed by atoms with Crippen molar-refractivity contribution < 1.29 is 19.2 Å². The van der Waals surface area contributed by atoms with Gasteiger partial charge in [0.05, 0.1) is 17.1 Å². The van der Waals surface area contributed by atoms with Crippen LogP contribution in [-0.4, -0.2) is 28.4 Å². The number of carbonyl (C=O) groups excluding carboxylic acids is 2. The number of benzene rings is 1. The number of nitro benzene ring substituents is 1. The van der Waals surface area contributed by atoms with Crippen molar-refractivity contribution >= 4 is 23.4 Å². The lowest BCUT2D eigenvalue weighted by atomic mass is 10.1. The minimum atomic E-state index is -0.732. The lowest BCUT2D eigenvalue weighted by Crippen LogP contribution is -2.15. The van der Waals surface area contributed by atoms with Gasteiger partial charge in [0.25, 0.3) is 11.6 Å². The van der Waals surface area contributed by atoms with Gasteiger partial charge in [-0.2, -0.15) is 0 Å². The fraction of sp³-hybridized carbons (Fsp3) is 0.188. The lowest BCUT2D eigenvalue weighted by Gasteiger charge is -2.08. The van der Waals surface area contributed by atoms with Crippen molar-refractivity contribution in [2.45, 2.75) is 13.8 Å². The SMILES string of the molecule is CCOC(=O)c1cc(C(=O)Nc2ncccc2C)cc([N+](=O)[O-])c1. The van der Waals surface area contributed by atoms with Crippen molar-refractivity contribution in [3.8, 4) is 0 Å². The molecule has 2 rings (SSSR count). The number of ether oxygens (including phenoxy) is 1. The van der Waals surface area contributed by atoms with Gasteiger partial charge in [-0.05, 0) is 31.5 Å². The third-order valence-electron chi connectivity index (χ3n) is 3.14. The molecule has 1 aromatic heterocycles. The Morgan fingerprint density at radius 1 is 1.29 bits per heavy atom. The summed E-state index contributed by atoms with van der Waals surface area (Å²) < 4.78 is 4.83. The molecule has 1 heterocycles. The van der Waals surface area contributed by atoms with Crippen LogP contribution in [0.3, 0.4) is 0 Å². The number of rotatable bonds is 5. The Hall–Kier alpha value is -3.29. The average Bonchev–Trinajstić information content (AvgIpc) is 2.56. The van der Waals surface area contributed by atoms with E-state index in [4.69, 9.17) is 4.74 Å². The first-order valence-electron chi connectivity index (χ1n) is 7.12. The summed E-state index contributed by atoms with van der Waals surface area (Å²) in [6.45, 7) is 3.50. The molecule has 0 atom stereocenters. The summed E-state index contributed by atoms with van der Waals surface area (Å²) in [5, 5.41) is 13.6. The van der Waals surface area contributed by atoms with Crippen LogP contribution >= 0.6 is 0 Å². The van der Waals surface area contributed by atoms with Crippen molar-refractivity contribution in [2.24, 2.45) is 0 Å². The number of esters is 1. The highest BCUT2D eigenvalue weighted by Gasteiger charge is 2.19. The number of nitrogens with one attached hydrogen (secondary N) is 1. The van der Waals surface area contributed by atoms with Gasteiger partial charge in [-0.3, -0.25) is 14.9 Å². The zero-order valence-corrected chi connectivity index (χ0v) is 13.1. The highest BCUT2D eigenvalue weighted by Crippen LogP contribution is 2.20. The molecule has 2 aromatic rings. The maximum Gasteiger partial charge on any atom is 0.338 e. The fourth-order valence-corrected chi connectivity index (χ4v) is 1.98. The largest absolute Gasteiger partial charge is 0.462 e. The second-order valence-corrected chi connectivity index (χ2v) is 4.87. The van der Waals surface area contributed by atoms with Crippen LogP contribution in [0.25, 0.3) is 0 Å². The molecular weight excluding hydrogens is 314 g/mol. The first kappa shape index (κ1) is 17.1. The Balaban J connectivity index is 2.37. The summed E-state index contributed by atoms with van der Waals surface area (Å²) in [4.78, 5) is 38.6. The van der Waals surface area contributed by atoms with E-state index in [2.05, 4.69) is 10.3 Å². The van der Waals surface area contributed by atoms with Crippen molar-refractivity contribution in [1.82, 2.24) is 4.98 Å². The quantitative estimate of drug-likeness (QED) is 0.513. The van der Waals surface area contributed by atoms with Crippen LogP contribution in [0.4, 0.5) is 11.5 Å². The van der Waals surface area contributed by atoms with E-state index in [1.165, 1.54) is 12.3 Å². The number of amides is 1. The summed E-state index contributed by atoms with van der Waals surface area (Å²) in [6.07, 6.45) is 1.51. The van der Waals surface area contributed by atoms with E-state index in [1.807, 2.05) is 0 Å². The topological polar surface area (TPSA) is 111 Å². The van der Waals surface area contributed by atoms with Gasteiger partial charge < -0.3 is 10.1 Å². The molecule has 1 amide bonds. The molecule has 0 radical (unpaired) electrons. The van der Waals surface area contributed by atoms with Gasteiger partial charge in [0.1, 0.15) is 5.82 Å². The predicted molar refractivity (Wildman–Crippen MR) is 86.0 cm³/mol. The van der Waals surface area contributed by atoms with Crippen molar-refractivity contribution in [3.05, 3.63) is 63.3 Å². The molecule has 0 aliphatic rings. The van der Waals surface area contributed by atoms with Gasteiger partial charge in [0.2, 0.25) is 0 Å². The van der Waals surface area contributed by atoms with Gasteiger partial charge in [-0.15, -0.1) is 0 Å². The third kappa shape index (κ3) is 3.92. The standard InChI is InChI=1S/C16H15N3O5/c1-3-24-16(21)12-7-11(8-13(9-12)19(22)23)15(20)18-14-10(2)5-4-6-17-14/h4-9H,3H2,1-2H3,(H,17,18,20). The van der Waals surface area contributed by atoms with Gasteiger partial charge >= 0.3 is 5.97 Å². The maximum atomic E-state index is 12.3. The molecule has 0 aliphatic carbocycles. The van der Waals surface area contributed by atoms with Crippen LogP contribution in [0.15, 0.2) is 36.5 Å². The Morgan fingerprint density at radius 2 is 2.00 bits per heavy atom. The number of hydrogen-bond acceptors (Lipinski definition) is 6. The van der Waals surface area contributed by atoms with E-state index in [-0.39, 0.29) is 23.4 Å². The molecule has 0 saturated carbocycles. The second-order valence-electron chi connectivity index (χ2n) is 4.87. The zero-order chi connectivity index (χ0) is 17.7. The molecular formula is C16H15N3O5. The van der Waals surface area contributed by atoms with Crippen LogP contribution in [0.1, 0.15) is 33.2 Å². The van der Waals surface area contributed by atoms with E-state index in [1.54, 1.807) is 26.0 Å². The van der Waals surface area contributed by atoms with E-state index in [9.17, 15) is 19.7 Å². The first-order chi connectivity index (χ1) is 11.4. The molecule has 0 saturated heterocycles. The number of non-ortho nitro benzene ring substituents is 1. The highest BCUT2D eigenvalue weighted by atomic mass is 16.6. The predicted octanol–water partition coefficient (Wildman–Crippen LogP) is 2.73. The number of nitrogens with zero attached hydrogens (tertiary/aromatic N) is 2. The molecule has 24 heavy (non-hydrogen) atoms.